The molecule has 2 amide bonds. The normalized spacial score (nSPS) is 18.8. The zero-order valence-corrected chi connectivity index (χ0v) is 14.2. The number of piperidine rings is 1. The van der Waals surface area contributed by atoms with Crippen LogP contribution in [-0.4, -0.2) is 35.8 Å². The molecular formula is C16H23ClFN3O2. The Labute approximate surface area is 141 Å². The van der Waals surface area contributed by atoms with Crippen molar-refractivity contribution >= 4 is 29.9 Å². The van der Waals surface area contributed by atoms with Crippen molar-refractivity contribution in [3.8, 4) is 0 Å². The number of carbonyl (C=O) groups is 2. The van der Waals surface area contributed by atoms with Crippen LogP contribution >= 0.6 is 12.4 Å². The van der Waals surface area contributed by atoms with Gasteiger partial charge in [-0.2, -0.15) is 0 Å². The molecule has 0 spiro atoms. The number of halogens is 2. The van der Waals surface area contributed by atoms with Crippen molar-refractivity contribution in [2.45, 2.75) is 32.7 Å². The number of hydrogen-bond acceptors (Lipinski definition) is 3. The summed E-state index contributed by atoms with van der Waals surface area (Å²) >= 11 is 0. The van der Waals surface area contributed by atoms with Crippen LogP contribution in [0.1, 0.15) is 37.0 Å². The minimum atomic E-state index is -0.557. The maximum Gasteiger partial charge on any atom is 0.253 e. The standard InChI is InChI=1S/C16H22FN3O2.ClH/c1-10(18)13-4-3-7-20(9-13)16(22)12-5-6-14(17)15(8-12)19-11(2)21;/h5-6,8,10,13H,3-4,7,9,18H2,1-2H3,(H,19,21);1H. The third kappa shape index (κ3) is 4.91. The molecule has 3 N–H and O–H groups in total. The molecule has 23 heavy (non-hydrogen) atoms. The second kappa shape index (κ2) is 8.26. The first-order chi connectivity index (χ1) is 10.4. The van der Waals surface area contributed by atoms with Crippen molar-refractivity contribution in [2.75, 3.05) is 18.4 Å². The first-order valence-electron chi connectivity index (χ1n) is 7.50. The van der Waals surface area contributed by atoms with Gasteiger partial charge in [-0.25, -0.2) is 4.39 Å². The Morgan fingerprint density at radius 1 is 1.43 bits per heavy atom. The van der Waals surface area contributed by atoms with Gasteiger partial charge in [0.1, 0.15) is 5.82 Å². The second-order valence-electron chi connectivity index (χ2n) is 5.89. The van der Waals surface area contributed by atoms with Crippen molar-refractivity contribution in [1.29, 1.82) is 0 Å². The molecule has 1 aliphatic rings. The summed E-state index contributed by atoms with van der Waals surface area (Å²) in [7, 11) is 0. The molecule has 2 unspecified atom stereocenters. The number of nitrogens with one attached hydrogen (secondary N) is 1. The summed E-state index contributed by atoms with van der Waals surface area (Å²) in [4.78, 5) is 25.4. The fourth-order valence-corrected chi connectivity index (χ4v) is 2.75. The summed E-state index contributed by atoms with van der Waals surface area (Å²) in [6, 6.07) is 4.07. The average molecular weight is 344 g/mol. The maximum absolute atomic E-state index is 13.6. The highest BCUT2D eigenvalue weighted by Crippen LogP contribution is 2.22. The fourth-order valence-electron chi connectivity index (χ4n) is 2.75. The highest BCUT2D eigenvalue weighted by Gasteiger charge is 2.26. The van der Waals surface area contributed by atoms with Crippen molar-refractivity contribution < 1.29 is 14.0 Å². The van der Waals surface area contributed by atoms with E-state index in [1.165, 1.54) is 25.1 Å². The van der Waals surface area contributed by atoms with Crippen LogP contribution in [0.3, 0.4) is 0 Å². The van der Waals surface area contributed by atoms with Gasteiger partial charge < -0.3 is 16.0 Å². The Morgan fingerprint density at radius 2 is 2.13 bits per heavy atom. The molecule has 1 aromatic carbocycles. The molecule has 2 rings (SSSR count). The van der Waals surface area contributed by atoms with E-state index in [0.717, 1.165) is 12.8 Å². The van der Waals surface area contributed by atoms with Gasteiger partial charge in [-0.3, -0.25) is 9.59 Å². The van der Waals surface area contributed by atoms with E-state index in [9.17, 15) is 14.0 Å². The third-order valence-electron chi connectivity index (χ3n) is 4.01. The number of amides is 2. The fraction of sp³-hybridized carbons (Fsp3) is 0.500. The maximum atomic E-state index is 13.6. The van der Waals surface area contributed by atoms with Crippen LogP contribution in [0.5, 0.6) is 0 Å². The monoisotopic (exact) mass is 343 g/mol. The van der Waals surface area contributed by atoms with Crippen molar-refractivity contribution in [3.05, 3.63) is 29.6 Å². The molecule has 1 saturated heterocycles. The predicted molar refractivity (Wildman–Crippen MR) is 90.2 cm³/mol. The highest BCUT2D eigenvalue weighted by atomic mass is 35.5. The summed E-state index contributed by atoms with van der Waals surface area (Å²) in [6.45, 7) is 4.54. The zero-order valence-electron chi connectivity index (χ0n) is 13.3. The molecule has 0 aliphatic carbocycles. The number of hydrogen-bond donors (Lipinski definition) is 2. The Hall–Kier alpha value is -1.66. The van der Waals surface area contributed by atoms with Gasteiger partial charge in [0.05, 0.1) is 5.69 Å². The lowest BCUT2D eigenvalue weighted by atomic mass is 9.92. The summed E-state index contributed by atoms with van der Waals surface area (Å²) < 4.78 is 13.6. The number of anilines is 1. The summed E-state index contributed by atoms with van der Waals surface area (Å²) in [6.07, 6.45) is 1.93. The highest BCUT2D eigenvalue weighted by molar-refractivity contribution is 5.97. The molecule has 1 aromatic rings. The van der Waals surface area contributed by atoms with Crippen molar-refractivity contribution in [2.24, 2.45) is 11.7 Å². The smallest absolute Gasteiger partial charge is 0.253 e. The second-order valence-corrected chi connectivity index (χ2v) is 5.89. The van der Waals surface area contributed by atoms with Crippen molar-refractivity contribution in [3.63, 3.8) is 0 Å². The van der Waals surface area contributed by atoms with Crippen LogP contribution in [0, 0.1) is 11.7 Å². The van der Waals surface area contributed by atoms with Crippen LogP contribution in [0.2, 0.25) is 0 Å². The van der Waals surface area contributed by atoms with Crippen LogP contribution in [-0.2, 0) is 4.79 Å². The van der Waals surface area contributed by atoms with Crippen LogP contribution < -0.4 is 11.1 Å². The Kier molecular flexibility index (Phi) is 6.97. The summed E-state index contributed by atoms with van der Waals surface area (Å²) in [5.74, 6) is -0.803. The molecule has 7 heteroatoms. The number of carbonyl (C=O) groups excluding carboxylic acids is 2. The van der Waals surface area contributed by atoms with E-state index in [-0.39, 0.29) is 41.9 Å². The van der Waals surface area contributed by atoms with Crippen molar-refractivity contribution in [1.82, 2.24) is 4.90 Å². The van der Waals surface area contributed by atoms with Gasteiger partial charge in [-0.1, -0.05) is 0 Å². The lowest BCUT2D eigenvalue weighted by Crippen LogP contribution is -2.45. The van der Waals surface area contributed by atoms with Gasteiger partial charge in [-0.05, 0) is 43.9 Å². The first kappa shape index (κ1) is 19.4. The van der Waals surface area contributed by atoms with E-state index in [1.54, 1.807) is 4.90 Å². The molecule has 0 bridgehead atoms. The minimum absolute atomic E-state index is 0. The molecule has 2 atom stereocenters. The number of rotatable bonds is 3. The van der Waals surface area contributed by atoms with E-state index in [1.807, 2.05) is 6.92 Å². The van der Waals surface area contributed by atoms with E-state index in [0.29, 0.717) is 18.7 Å². The Balaban J connectivity index is 0.00000264. The molecule has 0 aromatic heterocycles. The van der Waals surface area contributed by atoms with E-state index >= 15 is 0 Å². The lowest BCUT2D eigenvalue weighted by Gasteiger charge is -2.34. The first-order valence-corrected chi connectivity index (χ1v) is 7.50. The van der Waals surface area contributed by atoms with E-state index in [2.05, 4.69) is 5.32 Å². The van der Waals surface area contributed by atoms with Gasteiger partial charge in [0.2, 0.25) is 5.91 Å². The summed E-state index contributed by atoms with van der Waals surface area (Å²) in [5.41, 5.74) is 6.33. The molecule has 5 nitrogen and oxygen atoms in total. The van der Waals surface area contributed by atoms with Crippen LogP contribution in [0.15, 0.2) is 18.2 Å². The number of nitrogens with two attached hydrogens (primary N) is 1. The largest absolute Gasteiger partial charge is 0.338 e. The van der Waals surface area contributed by atoms with Gasteiger partial charge in [0.15, 0.2) is 0 Å². The number of nitrogens with zero attached hydrogens (tertiary/aromatic N) is 1. The van der Waals surface area contributed by atoms with Gasteiger partial charge >= 0.3 is 0 Å². The quantitative estimate of drug-likeness (QED) is 0.885. The van der Waals surface area contributed by atoms with Crippen LogP contribution in [0.4, 0.5) is 10.1 Å². The molecule has 128 valence electrons. The van der Waals surface area contributed by atoms with E-state index in [4.69, 9.17) is 5.73 Å². The Bertz CT molecular complexity index is 580. The predicted octanol–water partition coefficient (Wildman–Crippen LogP) is 2.41. The number of benzene rings is 1. The van der Waals surface area contributed by atoms with E-state index < -0.39 is 5.82 Å². The topological polar surface area (TPSA) is 75.4 Å². The summed E-state index contributed by atoms with van der Waals surface area (Å²) in [5, 5.41) is 2.39. The minimum Gasteiger partial charge on any atom is -0.338 e. The van der Waals surface area contributed by atoms with Gasteiger partial charge in [0.25, 0.3) is 5.91 Å². The zero-order chi connectivity index (χ0) is 16.3. The molecule has 0 saturated carbocycles. The number of likely N-dealkylation sites (tertiary alicyclic amines) is 1. The van der Waals surface area contributed by atoms with Crippen LogP contribution in [0.25, 0.3) is 0 Å². The molecule has 0 radical (unpaired) electrons. The average Bonchev–Trinajstić information content (AvgIpc) is 2.48. The molecule has 1 heterocycles. The third-order valence-corrected chi connectivity index (χ3v) is 4.01. The van der Waals surface area contributed by atoms with Gasteiger partial charge in [0, 0.05) is 31.6 Å². The molecular weight excluding hydrogens is 321 g/mol. The molecule has 1 aliphatic heterocycles. The lowest BCUT2D eigenvalue weighted by molar-refractivity contribution is -0.114. The Morgan fingerprint density at radius 3 is 2.74 bits per heavy atom. The SMILES string of the molecule is CC(=O)Nc1cc(C(=O)N2CCCC(C(C)N)C2)ccc1F.Cl. The van der Waals surface area contributed by atoms with Gasteiger partial charge in [-0.15, -0.1) is 12.4 Å². The molecule has 1 fully saturated rings.